The van der Waals surface area contributed by atoms with Crippen molar-refractivity contribution in [1.29, 1.82) is 0 Å². The van der Waals surface area contributed by atoms with E-state index >= 15 is 0 Å². The maximum absolute atomic E-state index is 11.3. The molecule has 0 fully saturated rings. The van der Waals surface area contributed by atoms with Gasteiger partial charge in [-0.25, -0.2) is 0 Å². The van der Waals surface area contributed by atoms with Gasteiger partial charge in [-0.15, -0.1) is 0 Å². The normalized spacial score (nSPS) is 11.1. The van der Waals surface area contributed by atoms with Crippen LogP contribution in [0.2, 0.25) is 0 Å². The number of carbonyl (C=O) groups excluding carboxylic acids is 1. The lowest BCUT2D eigenvalue weighted by atomic mass is 10.1. The molecule has 0 aromatic carbocycles. The molecule has 1 heterocycles. The summed E-state index contributed by atoms with van der Waals surface area (Å²) in [7, 11) is 1.67. The van der Waals surface area contributed by atoms with E-state index in [4.69, 9.17) is 10.5 Å². The number of nitrogens with zero attached hydrogens (tertiary/aromatic N) is 1. The van der Waals surface area contributed by atoms with Gasteiger partial charge in [-0.1, -0.05) is 13.8 Å². The van der Waals surface area contributed by atoms with Crippen molar-refractivity contribution in [2.24, 2.45) is 5.73 Å². The maximum Gasteiger partial charge on any atom is 0.250 e. The Kier molecular flexibility index (Phi) is 4.12. The molecule has 0 radical (unpaired) electrons. The van der Waals surface area contributed by atoms with Crippen LogP contribution in [0, 0.1) is 6.92 Å². The first-order chi connectivity index (χ1) is 7.49. The van der Waals surface area contributed by atoms with Gasteiger partial charge in [0.2, 0.25) is 0 Å². The molecule has 16 heavy (non-hydrogen) atoms. The average molecular weight is 224 g/mol. The first-order valence-electron chi connectivity index (χ1n) is 5.47. The molecular weight excluding hydrogens is 204 g/mol. The van der Waals surface area contributed by atoms with E-state index in [-0.39, 0.29) is 5.91 Å². The fourth-order valence-electron chi connectivity index (χ4n) is 1.88. The highest BCUT2D eigenvalue weighted by Gasteiger charge is 2.16. The number of hydrogen-bond acceptors (Lipinski definition) is 2. The molecule has 0 atom stereocenters. The van der Waals surface area contributed by atoms with Crippen LogP contribution in [0.15, 0.2) is 6.07 Å². The highest BCUT2D eigenvalue weighted by molar-refractivity contribution is 5.94. The Morgan fingerprint density at radius 1 is 1.56 bits per heavy atom. The van der Waals surface area contributed by atoms with Crippen LogP contribution in [0.3, 0.4) is 0 Å². The minimum absolute atomic E-state index is 0.364. The lowest BCUT2D eigenvalue weighted by Gasteiger charge is -2.13. The van der Waals surface area contributed by atoms with Gasteiger partial charge in [0.1, 0.15) is 0 Å². The van der Waals surface area contributed by atoms with Gasteiger partial charge in [0, 0.05) is 25.0 Å². The molecule has 4 heteroatoms. The number of hydrogen-bond donors (Lipinski definition) is 1. The largest absolute Gasteiger partial charge is 0.383 e. The highest BCUT2D eigenvalue weighted by Crippen LogP contribution is 2.22. The van der Waals surface area contributed by atoms with Gasteiger partial charge in [0.05, 0.1) is 12.2 Å². The van der Waals surface area contributed by atoms with Crippen LogP contribution < -0.4 is 5.73 Å². The minimum atomic E-state index is -0.365. The topological polar surface area (TPSA) is 57.2 Å². The molecule has 4 nitrogen and oxygen atoms in total. The van der Waals surface area contributed by atoms with Crippen molar-refractivity contribution < 1.29 is 9.53 Å². The van der Waals surface area contributed by atoms with Gasteiger partial charge in [-0.2, -0.15) is 0 Å². The van der Waals surface area contributed by atoms with E-state index in [1.165, 1.54) is 0 Å². The first kappa shape index (κ1) is 12.8. The molecule has 1 aromatic heterocycles. The number of methoxy groups -OCH3 is 1. The Hall–Kier alpha value is -1.29. The van der Waals surface area contributed by atoms with Gasteiger partial charge in [0.15, 0.2) is 0 Å². The molecule has 0 spiro atoms. The van der Waals surface area contributed by atoms with Crippen molar-refractivity contribution in [3.63, 3.8) is 0 Å². The summed E-state index contributed by atoms with van der Waals surface area (Å²) < 4.78 is 7.17. The zero-order valence-electron chi connectivity index (χ0n) is 10.4. The molecule has 1 rings (SSSR count). The number of nitrogens with two attached hydrogens (primary N) is 1. The summed E-state index contributed by atoms with van der Waals surface area (Å²) in [6.45, 7) is 7.50. The fourth-order valence-corrected chi connectivity index (χ4v) is 1.88. The monoisotopic (exact) mass is 224 g/mol. The van der Waals surface area contributed by atoms with E-state index in [1.54, 1.807) is 7.11 Å². The summed E-state index contributed by atoms with van der Waals surface area (Å²) in [6, 6.07) is 1.89. The van der Waals surface area contributed by atoms with Crippen LogP contribution in [0.1, 0.15) is 41.5 Å². The molecule has 1 amide bonds. The van der Waals surface area contributed by atoms with E-state index in [9.17, 15) is 4.79 Å². The van der Waals surface area contributed by atoms with Crippen molar-refractivity contribution in [2.75, 3.05) is 13.7 Å². The quantitative estimate of drug-likeness (QED) is 0.827. The van der Waals surface area contributed by atoms with Crippen molar-refractivity contribution >= 4 is 5.91 Å². The summed E-state index contributed by atoms with van der Waals surface area (Å²) >= 11 is 0. The highest BCUT2D eigenvalue weighted by atomic mass is 16.5. The first-order valence-corrected chi connectivity index (χ1v) is 5.47. The van der Waals surface area contributed by atoms with Gasteiger partial charge >= 0.3 is 0 Å². The summed E-state index contributed by atoms with van der Waals surface area (Å²) in [6.07, 6.45) is 0. The van der Waals surface area contributed by atoms with Crippen LogP contribution in [0.25, 0.3) is 0 Å². The minimum Gasteiger partial charge on any atom is -0.383 e. The molecule has 0 bridgehead atoms. The van der Waals surface area contributed by atoms with Crippen LogP contribution in [0.5, 0.6) is 0 Å². The number of ether oxygens (including phenoxy) is 1. The molecule has 0 saturated carbocycles. The van der Waals surface area contributed by atoms with Crippen molar-refractivity contribution in [3.8, 4) is 0 Å². The van der Waals surface area contributed by atoms with Gasteiger partial charge in [-0.3, -0.25) is 4.79 Å². The standard InChI is InChI=1S/C12H20N2O2/c1-8(2)11-7-10(12(13)15)9(3)14(11)5-6-16-4/h7-8H,5-6H2,1-4H3,(H2,13,15). The average Bonchev–Trinajstić information content (AvgIpc) is 2.53. The molecule has 0 aliphatic rings. The molecule has 0 saturated heterocycles. The smallest absolute Gasteiger partial charge is 0.250 e. The fraction of sp³-hybridized carbons (Fsp3) is 0.583. The zero-order chi connectivity index (χ0) is 12.3. The van der Waals surface area contributed by atoms with Gasteiger partial charge < -0.3 is 15.0 Å². The van der Waals surface area contributed by atoms with E-state index in [2.05, 4.69) is 18.4 Å². The number of amides is 1. The summed E-state index contributed by atoms with van der Waals surface area (Å²) in [5, 5.41) is 0. The third-order valence-corrected chi connectivity index (χ3v) is 2.77. The summed E-state index contributed by atoms with van der Waals surface area (Å²) in [5.41, 5.74) is 8.01. The SMILES string of the molecule is COCCn1c(C(C)C)cc(C(N)=O)c1C. The second-order valence-corrected chi connectivity index (χ2v) is 4.23. The molecule has 0 aliphatic heterocycles. The van der Waals surface area contributed by atoms with Crippen LogP contribution in [-0.2, 0) is 11.3 Å². The molecule has 2 N–H and O–H groups in total. The number of aromatic nitrogens is 1. The van der Waals surface area contributed by atoms with E-state index in [0.717, 1.165) is 17.9 Å². The Labute approximate surface area is 96.4 Å². The number of carbonyl (C=O) groups is 1. The maximum atomic E-state index is 11.3. The predicted octanol–water partition coefficient (Wildman–Crippen LogP) is 1.67. The Balaban J connectivity index is 3.15. The summed E-state index contributed by atoms with van der Waals surface area (Å²) in [5.74, 6) is -0.000719. The molecule has 0 unspecified atom stereocenters. The van der Waals surface area contributed by atoms with E-state index in [1.807, 2.05) is 13.0 Å². The lowest BCUT2D eigenvalue weighted by Crippen LogP contribution is -2.14. The van der Waals surface area contributed by atoms with Crippen molar-refractivity contribution in [2.45, 2.75) is 33.2 Å². The third-order valence-electron chi connectivity index (χ3n) is 2.77. The van der Waals surface area contributed by atoms with Crippen molar-refractivity contribution in [1.82, 2.24) is 4.57 Å². The second kappa shape index (κ2) is 5.16. The van der Waals surface area contributed by atoms with Crippen LogP contribution in [-0.4, -0.2) is 24.2 Å². The van der Waals surface area contributed by atoms with Crippen LogP contribution in [0.4, 0.5) is 0 Å². The van der Waals surface area contributed by atoms with Gasteiger partial charge in [-0.05, 0) is 18.9 Å². The predicted molar refractivity (Wildman–Crippen MR) is 63.7 cm³/mol. The van der Waals surface area contributed by atoms with Crippen molar-refractivity contribution in [3.05, 3.63) is 23.0 Å². The molecule has 0 aliphatic carbocycles. The Morgan fingerprint density at radius 3 is 2.62 bits per heavy atom. The second-order valence-electron chi connectivity index (χ2n) is 4.23. The summed E-state index contributed by atoms with van der Waals surface area (Å²) in [4.78, 5) is 11.3. The lowest BCUT2D eigenvalue weighted by molar-refractivity contribution is 0.0999. The zero-order valence-corrected chi connectivity index (χ0v) is 10.4. The molecule has 1 aromatic rings. The van der Waals surface area contributed by atoms with Crippen LogP contribution >= 0.6 is 0 Å². The molecular formula is C12H20N2O2. The molecule has 90 valence electrons. The Morgan fingerprint density at radius 2 is 2.19 bits per heavy atom. The van der Waals surface area contributed by atoms with Gasteiger partial charge in [0.25, 0.3) is 5.91 Å². The number of primary amides is 1. The Bertz CT molecular complexity index is 381. The van der Waals surface area contributed by atoms with E-state index in [0.29, 0.717) is 18.1 Å². The number of rotatable bonds is 5. The van der Waals surface area contributed by atoms with E-state index < -0.39 is 0 Å². The third kappa shape index (κ3) is 2.44.